The number of carbonyl (C=O) groups is 2. The molecule has 8 heteroatoms. The molecule has 0 aliphatic carbocycles. The zero-order valence-corrected chi connectivity index (χ0v) is 19.3. The van der Waals surface area contributed by atoms with E-state index < -0.39 is 0 Å². The number of esters is 1. The molecule has 0 saturated carbocycles. The fourth-order valence-corrected chi connectivity index (χ4v) is 4.74. The third-order valence-corrected chi connectivity index (χ3v) is 6.57. The predicted molar refractivity (Wildman–Crippen MR) is 123 cm³/mol. The highest BCUT2D eigenvalue weighted by molar-refractivity contribution is 6.34. The van der Waals surface area contributed by atoms with Gasteiger partial charge in [-0.2, -0.15) is 5.10 Å². The van der Waals surface area contributed by atoms with Crippen molar-refractivity contribution in [3.8, 4) is 0 Å². The van der Waals surface area contributed by atoms with Crippen LogP contribution in [0.2, 0.25) is 5.02 Å². The van der Waals surface area contributed by atoms with E-state index >= 15 is 0 Å². The average Bonchev–Trinajstić information content (AvgIpc) is 3.41. The second kappa shape index (κ2) is 9.88. The molecule has 0 radical (unpaired) electrons. The summed E-state index contributed by atoms with van der Waals surface area (Å²) in [6, 6.07) is 11.4. The van der Waals surface area contributed by atoms with Gasteiger partial charge >= 0.3 is 5.97 Å². The molecule has 0 spiro atoms. The molecule has 7 nitrogen and oxygen atoms in total. The third kappa shape index (κ3) is 4.74. The van der Waals surface area contributed by atoms with E-state index in [0.717, 1.165) is 17.0 Å². The first kappa shape index (κ1) is 22.6. The number of hydrogen-bond donors (Lipinski definition) is 0. The Hall–Kier alpha value is -2.64. The summed E-state index contributed by atoms with van der Waals surface area (Å²) >= 11 is 6.42. The highest BCUT2D eigenvalue weighted by Gasteiger charge is 2.36. The van der Waals surface area contributed by atoms with Crippen LogP contribution in [0.4, 0.5) is 0 Å². The van der Waals surface area contributed by atoms with E-state index in [0.29, 0.717) is 44.0 Å². The Morgan fingerprint density at radius 2 is 1.91 bits per heavy atom. The van der Waals surface area contributed by atoms with Crippen LogP contribution in [0.1, 0.15) is 43.5 Å². The highest BCUT2D eigenvalue weighted by Crippen LogP contribution is 2.34. The van der Waals surface area contributed by atoms with Gasteiger partial charge in [0.05, 0.1) is 24.8 Å². The summed E-state index contributed by atoms with van der Waals surface area (Å²) in [5.74, 6) is -0.252. The van der Waals surface area contributed by atoms with Gasteiger partial charge in [-0.25, -0.2) is 5.01 Å². The van der Waals surface area contributed by atoms with Gasteiger partial charge < -0.3 is 9.30 Å². The van der Waals surface area contributed by atoms with E-state index in [9.17, 15) is 9.59 Å². The number of nitrogens with zero attached hydrogens (tertiary/aromatic N) is 4. The molecule has 32 heavy (non-hydrogen) atoms. The van der Waals surface area contributed by atoms with Crippen molar-refractivity contribution in [2.24, 2.45) is 18.1 Å². The van der Waals surface area contributed by atoms with E-state index in [2.05, 4.69) is 4.90 Å². The van der Waals surface area contributed by atoms with Crippen molar-refractivity contribution >= 4 is 29.2 Å². The number of benzene rings is 1. The lowest BCUT2D eigenvalue weighted by molar-refractivity contribution is -0.149. The van der Waals surface area contributed by atoms with Gasteiger partial charge in [0, 0.05) is 35.9 Å². The molecule has 1 fully saturated rings. The quantitative estimate of drug-likeness (QED) is 0.622. The van der Waals surface area contributed by atoms with Crippen molar-refractivity contribution < 1.29 is 14.3 Å². The van der Waals surface area contributed by atoms with E-state index in [-0.39, 0.29) is 30.4 Å². The lowest BCUT2D eigenvalue weighted by Gasteiger charge is -2.31. The fourth-order valence-electron chi connectivity index (χ4n) is 4.50. The molecule has 1 saturated heterocycles. The molecule has 170 valence electrons. The van der Waals surface area contributed by atoms with Crippen LogP contribution in [0.3, 0.4) is 0 Å². The van der Waals surface area contributed by atoms with Gasteiger partial charge in [0.25, 0.3) is 5.91 Å². The Morgan fingerprint density at radius 1 is 1.16 bits per heavy atom. The van der Waals surface area contributed by atoms with Crippen molar-refractivity contribution in [1.82, 2.24) is 14.5 Å². The molecule has 2 aliphatic heterocycles. The predicted octanol–water partition coefficient (Wildman–Crippen LogP) is 3.63. The van der Waals surface area contributed by atoms with Crippen molar-refractivity contribution in [1.29, 1.82) is 0 Å². The molecule has 0 N–H and O–H groups in total. The topological polar surface area (TPSA) is 67.1 Å². The van der Waals surface area contributed by atoms with Crippen LogP contribution in [-0.4, -0.2) is 58.3 Å². The summed E-state index contributed by atoms with van der Waals surface area (Å²) in [6.07, 6.45) is 4.01. The maximum absolute atomic E-state index is 13.4. The average molecular weight is 457 g/mol. The summed E-state index contributed by atoms with van der Waals surface area (Å²) in [6.45, 7) is 3.88. The van der Waals surface area contributed by atoms with Gasteiger partial charge in [0.2, 0.25) is 0 Å². The van der Waals surface area contributed by atoms with Gasteiger partial charge in [0.1, 0.15) is 6.04 Å². The third-order valence-electron chi connectivity index (χ3n) is 6.24. The molecule has 0 bridgehead atoms. The summed E-state index contributed by atoms with van der Waals surface area (Å²) in [5, 5.41) is 6.98. The summed E-state index contributed by atoms with van der Waals surface area (Å²) in [5.41, 5.74) is 2.71. The van der Waals surface area contributed by atoms with Crippen LogP contribution in [0.5, 0.6) is 0 Å². The van der Waals surface area contributed by atoms with Crippen molar-refractivity contribution in [2.45, 2.75) is 32.2 Å². The van der Waals surface area contributed by atoms with Crippen LogP contribution in [0.25, 0.3) is 0 Å². The number of aromatic nitrogens is 1. The van der Waals surface area contributed by atoms with Gasteiger partial charge in [-0.3, -0.25) is 14.5 Å². The number of ether oxygens (including phenoxy) is 1. The Labute approximate surface area is 193 Å². The molecule has 3 heterocycles. The van der Waals surface area contributed by atoms with Gasteiger partial charge in [-0.15, -0.1) is 0 Å². The summed E-state index contributed by atoms with van der Waals surface area (Å²) in [7, 11) is 1.98. The number of carbonyl (C=O) groups excluding carboxylic acids is 2. The van der Waals surface area contributed by atoms with Crippen LogP contribution in [0.15, 0.2) is 47.7 Å². The van der Waals surface area contributed by atoms with Gasteiger partial charge in [-0.05, 0) is 51.1 Å². The maximum Gasteiger partial charge on any atom is 0.309 e. The first-order valence-electron chi connectivity index (χ1n) is 11.1. The largest absolute Gasteiger partial charge is 0.466 e. The van der Waals surface area contributed by atoms with Gasteiger partial charge in [-0.1, -0.05) is 29.8 Å². The molecule has 2 aliphatic rings. The minimum atomic E-state index is -0.175. The number of likely N-dealkylation sites (tertiary alicyclic amines) is 1. The molecule has 0 unspecified atom stereocenters. The first-order chi connectivity index (χ1) is 15.5. The summed E-state index contributed by atoms with van der Waals surface area (Å²) < 4.78 is 7.17. The lowest BCUT2D eigenvalue weighted by atomic mass is 9.97. The van der Waals surface area contributed by atoms with Crippen molar-refractivity contribution in [3.05, 3.63) is 58.9 Å². The van der Waals surface area contributed by atoms with Crippen LogP contribution in [-0.2, 0) is 21.4 Å². The van der Waals surface area contributed by atoms with Crippen LogP contribution in [0, 0.1) is 5.92 Å². The first-order valence-corrected chi connectivity index (χ1v) is 11.5. The van der Waals surface area contributed by atoms with Crippen molar-refractivity contribution in [3.63, 3.8) is 0 Å². The van der Waals surface area contributed by atoms with Crippen molar-refractivity contribution in [2.75, 3.05) is 26.2 Å². The van der Waals surface area contributed by atoms with E-state index in [1.807, 2.05) is 61.1 Å². The number of rotatable bonds is 6. The minimum Gasteiger partial charge on any atom is -0.466 e. The Kier molecular flexibility index (Phi) is 6.96. The van der Waals surface area contributed by atoms with E-state index in [1.165, 1.54) is 0 Å². The minimum absolute atomic E-state index is 0.0483. The molecule has 1 aromatic carbocycles. The Bertz CT molecular complexity index is 1010. The lowest BCUT2D eigenvalue weighted by Crippen LogP contribution is -2.43. The molecular formula is C24H29ClN4O3. The van der Waals surface area contributed by atoms with Gasteiger partial charge in [0.15, 0.2) is 0 Å². The summed E-state index contributed by atoms with van der Waals surface area (Å²) in [4.78, 5) is 27.4. The van der Waals surface area contributed by atoms with Crippen LogP contribution >= 0.6 is 11.6 Å². The highest BCUT2D eigenvalue weighted by atomic mass is 35.5. The maximum atomic E-state index is 13.4. The SMILES string of the molecule is CCOC(=O)C1CCN(CC(=O)N2N=C(c3ccccc3Cl)C[C@@H]2c2cccn2C)CC1. The van der Waals surface area contributed by atoms with Crippen LogP contribution < -0.4 is 0 Å². The second-order valence-electron chi connectivity index (χ2n) is 8.33. The van der Waals surface area contributed by atoms with E-state index in [4.69, 9.17) is 21.4 Å². The normalized spacial score (nSPS) is 19.8. The zero-order chi connectivity index (χ0) is 22.7. The monoisotopic (exact) mass is 456 g/mol. The standard InChI is InChI=1S/C24H29ClN4O3/c1-3-32-24(31)17-10-13-28(14-11-17)16-23(30)29-22(21-9-6-12-27(21)2)15-20(26-29)18-7-4-5-8-19(18)25/h4-9,12,17,22H,3,10-11,13-16H2,1-2H3/t22-/m1/s1. The molecule has 4 rings (SSSR count). The van der Waals surface area contributed by atoms with E-state index in [1.54, 1.807) is 5.01 Å². The number of amides is 1. The smallest absolute Gasteiger partial charge is 0.309 e. The molecule has 1 atom stereocenters. The fraction of sp³-hybridized carbons (Fsp3) is 0.458. The number of piperidine rings is 1. The number of hydrogen-bond acceptors (Lipinski definition) is 5. The molecule has 1 aromatic heterocycles. The Morgan fingerprint density at radius 3 is 2.56 bits per heavy atom. The molecule has 1 amide bonds. The molecular weight excluding hydrogens is 428 g/mol. The number of hydrazone groups is 1. The number of aryl methyl sites for hydroxylation is 1. The number of halogens is 1. The second-order valence-corrected chi connectivity index (χ2v) is 8.74. The molecule has 2 aromatic rings. The Balaban J connectivity index is 1.49. The zero-order valence-electron chi connectivity index (χ0n) is 18.5.